The third-order valence-corrected chi connectivity index (χ3v) is 5.52. The maximum atomic E-state index is 4.77. The summed E-state index contributed by atoms with van der Waals surface area (Å²) in [6, 6.07) is 0.845. The summed E-state index contributed by atoms with van der Waals surface area (Å²) in [5.41, 5.74) is 1.27. The Hall–Kier alpha value is -0.450. The van der Waals surface area contributed by atoms with E-state index in [9.17, 15) is 0 Å². The van der Waals surface area contributed by atoms with Crippen LogP contribution in [0.5, 0.6) is 0 Å². The lowest BCUT2D eigenvalue weighted by Crippen LogP contribution is -2.39. The maximum absolute atomic E-state index is 4.77. The molecule has 4 heteroatoms. The maximum Gasteiger partial charge on any atom is 0.0954 e. The SMILES string of the molecule is CC(C)c1nc(CN2CCCC(CNC3CC3)C2)cs1. The van der Waals surface area contributed by atoms with Crippen molar-refractivity contribution in [1.29, 1.82) is 0 Å². The monoisotopic (exact) mass is 293 g/mol. The van der Waals surface area contributed by atoms with Crippen LogP contribution in [-0.4, -0.2) is 35.6 Å². The lowest BCUT2D eigenvalue weighted by atomic mass is 9.98. The molecule has 0 spiro atoms. The second-order valence-corrected chi connectivity index (χ2v) is 7.65. The molecule has 1 unspecified atom stereocenters. The van der Waals surface area contributed by atoms with Gasteiger partial charge in [-0.3, -0.25) is 4.90 Å². The van der Waals surface area contributed by atoms with Crippen molar-refractivity contribution >= 4 is 11.3 Å². The van der Waals surface area contributed by atoms with Crippen LogP contribution >= 0.6 is 11.3 Å². The molecule has 2 heterocycles. The van der Waals surface area contributed by atoms with Crippen molar-refractivity contribution in [2.45, 2.75) is 58.0 Å². The standard InChI is InChI=1S/C16H27N3S/c1-12(2)16-18-15(11-20-16)10-19-7-3-4-13(9-19)8-17-14-5-6-14/h11-14,17H,3-10H2,1-2H3. The fourth-order valence-electron chi connectivity index (χ4n) is 2.97. The van der Waals surface area contributed by atoms with Gasteiger partial charge in [-0.25, -0.2) is 4.98 Å². The average molecular weight is 293 g/mol. The summed E-state index contributed by atoms with van der Waals surface area (Å²) < 4.78 is 0. The summed E-state index contributed by atoms with van der Waals surface area (Å²) in [5.74, 6) is 1.40. The molecule has 1 saturated heterocycles. The highest BCUT2D eigenvalue weighted by atomic mass is 32.1. The van der Waals surface area contributed by atoms with Crippen LogP contribution in [0.2, 0.25) is 0 Å². The molecule has 1 saturated carbocycles. The number of hydrogen-bond donors (Lipinski definition) is 1. The van der Waals surface area contributed by atoms with Crippen LogP contribution in [0.4, 0.5) is 0 Å². The van der Waals surface area contributed by atoms with Gasteiger partial charge in [0, 0.05) is 30.4 Å². The third-order valence-electron chi connectivity index (χ3n) is 4.32. The summed E-state index contributed by atoms with van der Waals surface area (Å²) in [6.45, 7) is 9.20. The second kappa shape index (κ2) is 6.54. The van der Waals surface area contributed by atoms with Crippen LogP contribution in [0, 0.1) is 5.92 Å². The van der Waals surface area contributed by atoms with Crippen molar-refractivity contribution in [3.05, 3.63) is 16.1 Å². The molecule has 1 aromatic heterocycles. The van der Waals surface area contributed by atoms with Crippen molar-refractivity contribution in [1.82, 2.24) is 15.2 Å². The molecule has 3 nitrogen and oxygen atoms in total. The zero-order valence-corrected chi connectivity index (χ0v) is 13.6. The van der Waals surface area contributed by atoms with Gasteiger partial charge in [-0.05, 0) is 44.7 Å². The minimum atomic E-state index is 0.561. The van der Waals surface area contributed by atoms with E-state index in [4.69, 9.17) is 4.98 Å². The van der Waals surface area contributed by atoms with E-state index >= 15 is 0 Å². The molecule has 0 radical (unpaired) electrons. The molecule has 1 aromatic rings. The van der Waals surface area contributed by atoms with Crippen LogP contribution in [0.15, 0.2) is 5.38 Å². The topological polar surface area (TPSA) is 28.2 Å². The Morgan fingerprint density at radius 1 is 1.40 bits per heavy atom. The molecular formula is C16H27N3S. The molecule has 2 aliphatic rings. The average Bonchev–Trinajstić information content (AvgIpc) is 3.15. The summed E-state index contributed by atoms with van der Waals surface area (Å²) in [4.78, 5) is 7.37. The Morgan fingerprint density at radius 2 is 2.25 bits per heavy atom. The molecule has 1 N–H and O–H groups in total. The molecule has 1 aliphatic heterocycles. The zero-order valence-electron chi connectivity index (χ0n) is 12.8. The largest absolute Gasteiger partial charge is 0.314 e. The Balaban J connectivity index is 1.48. The number of nitrogens with one attached hydrogen (secondary N) is 1. The highest BCUT2D eigenvalue weighted by Gasteiger charge is 2.25. The Morgan fingerprint density at radius 3 is 2.95 bits per heavy atom. The van der Waals surface area contributed by atoms with E-state index in [1.807, 2.05) is 11.3 Å². The Kier molecular flexibility index (Phi) is 4.74. The minimum Gasteiger partial charge on any atom is -0.314 e. The van der Waals surface area contributed by atoms with Crippen LogP contribution in [0.1, 0.15) is 56.2 Å². The predicted octanol–water partition coefficient (Wildman–Crippen LogP) is 3.23. The van der Waals surface area contributed by atoms with E-state index in [0.29, 0.717) is 5.92 Å². The molecule has 112 valence electrons. The van der Waals surface area contributed by atoms with E-state index in [2.05, 4.69) is 29.4 Å². The van der Waals surface area contributed by atoms with Crippen LogP contribution in [0.25, 0.3) is 0 Å². The highest BCUT2D eigenvalue weighted by Crippen LogP contribution is 2.24. The second-order valence-electron chi connectivity index (χ2n) is 6.76. The van der Waals surface area contributed by atoms with Crippen molar-refractivity contribution in [3.63, 3.8) is 0 Å². The molecule has 1 aliphatic carbocycles. The van der Waals surface area contributed by atoms with Gasteiger partial charge in [0.25, 0.3) is 0 Å². The van der Waals surface area contributed by atoms with Gasteiger partial charge in [0.2, 0.25) is 0 Å². The number of aromatic nitrogens is 1. The van der Waals surface area contributed by atoms with E-state index in [-0.39, 0.29) is 0 Å². The van der Waals surface area contributed by atoms with Crippen LogP contribution in [-0.2, 0) is 6.54 Å². The van der Waals surface area contributed by atoms with Crippen molar-refractivity contribution in [3.8, 4) is 0 Å². The molecule has 3 rings (SSSR count). The molecule has 1 atom stereocenters. The first-order chi connectivity index (χ1) is 9.70. The van der Waals surface area contributed by atoms with Gasteiger partial charge in [0.15, 0.2) is 0 Å². The van der Waals surface area contributed by atoms with E-state index in [1.54, 1.807) is 0 Å². The number of thiazole rings is 1. The first kappa shape index (κ1) is 14.5. The van der Waals surface area contributed by atoms with Gasteiger partial charge < -0.3 is 5.32 Å². The number of nitrogens with zero attached hydrogens (tertiary/aromatic N) is 2. The first-order valence-corrected chi connectivity index (χ1v) is 8.98. The lowest BCUT2D eigenvalue weighted by Gasteiger charge is -2.32. The minimum absolute atomic E-state index is 0.561. The molecule has 20 heavy (non-hydrogen) atoms. The van der Waals surface area contributed by atoms with Gasteiger partial charge >= 0.3 is 0 Å². The molecular weight excluding hydrogens is 266 g/mol. The van der Waals surface area contributed by atoms with Gasteiger partial charge in [-0.15, -0.1) is 11.3 Å². The Bertz CT molecular complexity index is 425. The van der Waals surface area contributed by atoms with E-state index in [1.165, 1.54) is 56.0 Å². The van der Waals surface area contributed by atoms with Crippen molar-refractivity contribution in [2.24, 2.45) is 5.92 Å². The highest BCUT2D eigenvalue weighted by molar-refractivity contribution is 7.09. The number of piperidine rings is 1. The smallest absolute Gasteiger partial charge is 0.0954 e. The number of rotatable bonds is 6. The molecule has 0 bridgehead atoms. The number of likely N-dealkylation sites (tertiary alicyclic amines) is 1. The first-order valence-electron chi connectivity index (χ1n) is 8.10. The van der Waals surface area contributed by atoms with Crippen molar-refractivity contribution < 1.29 is 0 Å². The van der Waals surface area contributed by atoms with Gasteiger partial charge in [-0.2, -0.15) is 0 Å². The fraction of sp³-hybridized carbons (Fsp3) is 0.812. The lowest BCUT2D eigenvalue weighted by molar-refractivity contribution is 0.163. The summed E-state index contributed by atoms with van der Waals surface area (Å²) in [7, 11) is 0. The summed E-state index contributed by atoms with van der Waals surface area (Å²) in [5, 5.41) is 7.22. The molecule has 0 amide bonds. The zero-order chi connectivity index (χ0) is 13.9. The fourth-order valence-corrected chi connectivity index (χ4v) is 3.80. The summed E-state index contributed by atoms with van der Waals surface area (Å²) in [6.07, 6.45) is 5.53. The van der Waals surface area contributed by atoms with E-state index < -0.39 is 0 Å². The summed E-state index contributed by atoms with van der Waals surface area (Å²) >= 11 is 1.82. The van der Waals surface area contributed by atoms with Gasteiger partial charge in [0.1, 0.15) is 0 Å². The molecule has 2 fully saturated rings. The normalized spacial score (nSPS) is 24.4. The van der Waals surface area contributed by atoms with E-state index in [0.717, 1.165) is 18.5 Å². The Labute approximate surface area is 126 Å². The molecule has 0 aromatic carbocycles. The van der Waals surface area contributed by atoms with Crippen LogP contribution in [0.3, 0.4) is 0 Å². The van der Waals surface area contributed by atoms with Gasteiger partial charge in [0.05, 0.1) is 10.7 Å². The quantitative estimate of drug-likeness (QED) is 0.873. The third kappa shape index (κ3) is 4.03. The van der Waals surface area contributed by atoms with Gasteiger partial charge in [-0.1, -0.05) is 13.8 Å². The van der Waals surface area contributed by atoms with Crippen LogP contribution < -0.4 is 5.32 Å². The predicted molar refractivity (Wildman–Crippen MR) is 85.2 cm³/mol. The number of hydrogen-bond acceptors (Lipinski definition) is 4. The van der Waals surface area contributed by atoms with Crippen molar-refractivity contribution in [2.75, 3.05) is 19.6 Å².